The minimum Gasteiger partial charge on any atom is -0.497 e. The third-order valence-corrected chi connectivity index (χ3v) is 4.01. The number of aliphatic hydroxyl groups is 1. The number of nitrogens with one attached hydrogen (secondary N) is 1. The Balaban J connectivity index is 2.00. The number of carbonyl (C=O) groups excluding carboxylic acids is 1. The molecular formula is C14H19BrN2O3. The summed E-state index contributed by atoms with van der Waals surface area (Å²) in [6.07, 6.45) is 0.464. The highest BCUT2D eigenvalue weighted by molar-refractivity contribution is 9.10. The number of carbonyl (C=O) groups is 1. The van der Waals surface area contributed by atoms with Crippen LogP contribution in [0.4, 0.5) is 10.5 Å². The quantitative estimate of drug-likeness (QED) is 0.887. The highest BCUT2D eigenvalue weighted by Gasteiger charge is 2.29. The molecule has 0 bridgehead atoms. The fourth-order valence-corrected chi connectivity index (χ4v) is 2.79. The molecule has 1 aliphatic heterocycles. The van der Waals surface area contributed by atoms with Gasteiger partial charge in [-0.2, -0.15) is 0 Å². The third-order valence-electron chi connectivity index (χ3n) is 3.55. The van der Waals surface area contributed by atoms with Crippen molar-refractivity contribution in [2.75, 3.05) is 25.5 Å². The van der Waals surface area contributed by atoms with Crippen LogP contribution < -0.4 is 10.1 Å². The molecule has 110 valence electrons. The van der Waals surface area contributed by atoms with E-state index in [2.05, 4.69) is 21.2 Å². The van der Waals surface area contributed by atoms with Gasteiger partial charge in [0, 0.05) is 35.2 Å². The molecule has 1 aliphatic rings. The standard InChI is InChI=1S/C14H19BrN2O3/c1-9(18)10-3-4-17(8-10)14(19)16-12-5-11(15)6-13(7-12)20-2/h5-7,9-10,18H,3-4,8H2,1-2H3,(H,16,19). The second-order valence-corrected chi connectivity index (χ2v) is 5.96. The zero-order valence-electron chi connectivity index (χ0n) is 11.6. The lowest BCUT2D eigenvalue weighted by Gasteiger charge is -2.18. The molecule has 0 aromatic heterocycles. The predicted molar refractivity (Wildman–Crippen MR) is 81.1 cm³/mol. The topological polar surface area (TPSA) is 61.8 Å². The number of urea groups is 1. The molecule has 2 amide bonds. The minimum atomic E-state index is -0.376. The van der Waals surface area contributed by atoms with E-state index in [1.165, 1.54) is 0 Å². The lowest BCUT2D eigenvalue weighted by atomic mass is 10.0. The van der Waals surface area contributed by atoms with E-state index >= 15 is 0 Å². The molecule has 2 N–H and O–H groups in total. The largest absolute Gasteiger partial charge is 0.497 e. The van der Waals surface area contributed by atoms with Gasteiger partial charge in [0.1, 0.15) is 5.75 Å². The number of hydrogen-bond acceptors (Lipinski definition) is 3. The molecule has 1 heterocycles. The first-order chi connectivity index (χ1) is 9.49. The molecule has 1 aromatic carbocycles. The summed E-state index contributed by atoms with van der Waals surface area (Å²) >= 11 is 3.38. The maximum atomic E-state index is 12.2. The van der Waals surface area contributed by atoms with Gasteiger partial charge in [0.05, 0.1) is 13.2 Å². The van der Waals surface area contributed by atoms with Gasteiger partial charge in [-0.3, -0.25) is 0 Å². The SMILES string of the molecule is COc1cc(Br)cc(NC(=O)N2CCC(C(C)O)C2)c1. The van der Waals surface area contributed by atoms with Crippen molar-refractivity contribution in [2.45, 2.75) is 19.4 Å². The Hall–Kier alpha value is -1.27. The van der Waals surface area contributed by atoms with Gasteiger partial charge in [-0.25, -0.2) is 4.79 Å². The van der Waals surface area contributed by atoms with Gasteiger partial charge in [-0.1, -0.05) is 15.9 Å². The molecule has 2 unspecified atom stereocenters. The summed E-state index contributed by atoms with van der Waals surface area (Å²) in [5.74, 6) is 0.843. The molecule has 5 nitrogen and oxygen atoms in total. The van der Waals surface area contributed by atoms with E-state index in [1.807, 2.05) is 12.1 Å². The molecule has 2 atom stereocenters. The van der Waals surface area contributed by atoms with Crippen molar-refractivity contribution < 1.29 is 14.6 Å². The number of halogens is 1. The van der Waals surface area contributed by atoms with Crippen LogP contribution >= 0.6 is 15.9 Å². The van der Waals surface area contributed by atoms with Gasteiger partial charge in [0.2, 0.25) is 0 Å². The third kappa shape index (κ3) is 3.64. The summed E-state index contributed by atoms with van der Waals surface area (Å²) in [6.45, 7) is 3.03. The second kappa shape index (κ2) is 6.45. The van der Waals surface area contributed by atoms with Crippen LogP contribution in [0.25, 0.3) is 0 Å². The van der Waals surface area contributed by atoms with Gasteiger partial charge < -0.3 is 20.1 Å². The first kappa shape index (κ1) is 15.1. The summed E-state index contributed by atoms with van der Waals surface area (Å²) in [5, 5.41) is 12.4. The number of nitrogens with zero attached hydrogens (tertiary/aromatic N) is 1. The second-order valence-electron chi connectivity index (χ2n) is 5.05. The van der Waals surface area contributed by atoms with Gasteiger partial charge in [-0.15, -0.1) is 0 Å². The molecule has 0 spiro atoms. The Morgan fingerprint density at radius 1 is 1.55 bits per heavy atom. The lowest BCUT2D eigenvalue weighted by molar-refractivity contribution is 0.130. The average Bonchev–Trinajstić information content (AvgIpc) is 2.87. The van der Waals surface area contributed by atoms with Crippen LogP contribution in [0.5, 0.6) is 5.75 Å². The first-order valence-corrected chi connectivity index (χ1v) is 7.37. The highest BCUT2D eigenvalue weighted by Crippen LogP contribution is 2.26. The van der Waals surface area contributed by atoms with Gasteiger partial charge in [0.25, 0.3) is 0 Å². The normalized spacial score (nSPS) is 19.8. The van der Waals surface area contributed by atoms with E-state index in [0.717, 1.165) is 10.9 Å². The van der Waals surface area contributed by atoms with E-state index in [0.29, 0.717) is 24.5 Å². The molecule has 1 saturated heterocycles. The molecule has 6 heteroatoms. The van der Waals surface area contributed by atoms with Crippen LogP contribution in [-0.4, -0.2) is 42.3 Å². The zero-order valence-corrected chi connectivity index (χ0v) is 13.2. The van der Waals surface area contributed by atoms with Crippen LogP contribution in [0.15, 0.2) is 22.7 Å². The number of hydrogen-bond donors (Lipinski definition) is 2. The van der Waals surface area contributed by atoms with Gasteiger partial charge in [0.15, 0.2) is 0 Å². The smallest absolute Gasteiger partial charge is 0.321 e. The van der Waals surface area contributed by atoms with Crippen molar-refractivity contribution in [3.8, 4) is 5.75 Å². The lowest BCUT2D eigenvalue weighted by Crippen LogP contribution is -2.34. The van der Waals surface area contributed by atoms with Crippen molar-refractivity contribution in [1.29, 1.82) is 0 Å². The molecule has 0 saturated carbocycles. The van der Waals surface area contributed by atoms with E-state index < -0.39 is 0 Å². The number of rotatable bonds is 3. The summed E-state index contributed by atoms with van der Waals surface area (Å²) in [4.78, 5) is 13.9. The molecule has 1 aromatic rings. The average molecular weight is 343 g/mol. The first-order valence-electron chi connectivity index (χ1n) is 6.58. The fraction of sp³-hybridized carbons (Fsp3) is 0.500. The molecule has 1 fully saturated rings. The number of amides is 2. The Labute approximate surface area is 127 Å². The predicted octanol–water partition coefficient (Wildman–Crippen LogP) is 2.69. The monoisotopic (exact) mass is 342 g/mol. The number of anilines is 1. The summed E-state index contributed by atoms with van der Waals surface area (Å²) < 4.78 is 6.01. The molecule has 0 aliphatic carbocycles. The highest BCUT2D eigenvalue weighted by atomic mass is 79.9. The van der Waals surface area contributed by atoms with E-state index in [1.54, 1.807) is 25.0 Å². The summed E-state index contributed by atoms with van der Waals surface area (Å²) in [7, 11) is 1.58. The summed E-state index contributed by atoms with van der Waals surface area (Å²) in [5.41, 5.74) is 0.682. The number of aliphatic hydroxyl groups excluding tert-OH is 1. The summed E-state index contributed by atoms with van der Waals surface area (Å²) in [6, 6.07) is 5.27. The molecular weight excluding hydrogens is 324 g/mol. The van der Waals surface area contributed by atoms with Crippen LogP contribution in [-0.2, 0) is 0 Å². The van der Waals surface area contributed by atoms with Crippen LogP contribution in [0.1, 0.15) is 13.3 Å². The molecule has 0 radical (unpaired) electrons. The Morgan fingerprint density at radius 3 is 2.90 bits per heavy atom. The number of ether oxygens (including phenoxy) is 1. The van der Waals surface area contributed by atoms with Crippen LogP contribution in [0, 0.1) is 5.92 Å². The molecule has 2 rings (SSSR count). The van der Waals surface area contributed by atoms with E-state index in [-0.39, 0.29) is 18.1 Å². The molecule has 20 heavy (non-hydrogen) atoms. The maximum Gasteiger partial charge on any atom is 0.321 e. The Morgan fingerprint density at radius 2 is 2.30 bits per heavy atom. The van der Waals surface area contributed by atoms with Crippen molar-refractivity contribution >= 4 is 27.6 Å². The number of benzene rings is 1. The minimum absolute atomic E-state index is 0.145. The van der Waals surface area contributed by atoms with Crippen LogP contribution in [0.2, 0.25) is 0 Å². The Bertz CT molecular complexity index is 493. The van der Waals surface area contributed by atoms with Crippen molar-refractivity contribution in [3.63, 3.8) is 0 Å². The fourth-order valence-electron chi connectivity index (χ4n) is 2.32. The van der Waals surface area contributed by atoms with E-state index in [4.69, 9.17) is 4.74 Å². The van der Waals surface area contributed by atoms with Gasteiger partial charge >= 0.3 is 6.03 Å². The Kier molecular flexibility index (Phi) is 4.88. The van der Waals surface area contributed by atoms with Crippen LogP contribution in [0.3, 0.4) is 0 Å². The number of methoxy groups -OCH3 is 1. The zero-order chi connectivity index (χ0) is 14.7. The van der Waals surface area contributed by atoms with Crippen molar-refractivity contribution in [3.05, 3.63) is 22.7 Å². The van der Waals surface area contributed by atoms with Crippen molar-refractivity contribution in [1.82, 2.24) is 4.90 Å². The van der Waals surface area contributed by atoms with Crippen molar-refractivity contribution in [2.24, 2.45) is 5.92 Å². The van der Waals surface area contributed by atoms with Gasteiger partial charge in [-0.05, 0) is 25.5 Å². The maximum absolute atomic E-state index is 12.2. The van der Waals surface area contributed by atoms with E-state index in [9.17, 15) is 9.90 Å². The number of likely N-dealkylation sites (tertiary alicyclic amines) is 1.